The van der Waals surface area contributed by atoms with Gasteiger partial charge >= 0.3 is 0 Å². The third-order valence-electron chi connectivity index (χ3n) is 4.36. The van der Waals surface area contributed by atoms with Crippen molar-refractivity contribution >= 4 is 5.57 Å². The van der Waals surface area contributed by atoms with Gasteiger partial charge in [-0.05, 0) is 73.5 Å². The molecule has 22 heavy (non-hydrogen) atoms. The Bertz CT molecular complexity index is 678. The van der Waals surface area contributed by atoms with E-state index in [9.17, 15) is 0 Å². The molecule has 0 spiro atoms. The molecule has 1 aliphatic rings. The van der Waals surface area contributed by atoms with Gasteiger partial charge in [0.05, 0.1) is 0 Å². The molecule has 0 nitrogen and oxygen atoms in total. The van der Waals surface area contributed by atoms with Crippen molar-refractivity contribution in [3.05, 3.63) is 89.1 Å². The summed E-state index contributed by atoms with van der Waals surface area (Å²) in [5.74, 6) is 0. The maximum absolute atomic E-state index is 4.00. The summed E-state index contributed by atoms with van der Waals surface area (Å²) in [6.07, 6.45) is 9.95. The summed E-state index contributed by atoms with van der Waals surface area (Å²) < 4.78 is 0. The lowest BCUT2D eigenvalue weighted by atomic mass is 9.94. The van der Waals surface area contributed by atoms with Crippen LogP contribution in [0.2, 0.25) is 0 Å². The monoisotopic (exact) mass is 290 g/mol. The molecule has 0 N–H and O–H groups in total. The van der Waals surface area contributed by atoms with Crippen LogP contribution in [0.4, 0.5) is 0 Å². The first kappa shape index (κ1) is 16.3. The van der Waals surface area contributed by atoms with E-state index in [0.29, 0.717) is 0 Å². The zero-order valence-corrected chi connectivity index (χ0v) is 14.1. The number of allylic oxidation sites excluding steroid dienone is 8. The maximum atomic E-state index is 4.00. The van der Waals surface area contributed by atoms with Gasteiger partial charge < -0.3 is 0 Å². The average Bonchev–Trinajstić information content (AvgIpc) is 2.96. The smallest absolute Gasteiger partial charge is 0.0192 e. The second-order valence-corrected chi connectivity index (χ2v) is 6.14. The Morgan fingerprint density at radius 1 is 1.09 bits per heavy atom. The van der Waals surface area contributed by atoms with E-state index >= 15 is 0 Å². The molecule has 0 heteroatoms. The Morgan fingerprint density at radius 3 is 2.50 bits per heavy atom. The molecular weight excluding hydrogens is 264 g/mol. The van der Waals surface area contributed by atoms with Crippen LogP contribution in [0.5, 0.6) is 0 Å². The van der Waals surface area contributed by atoms with Gasteiger partial charge in [0.15, 0.2) is 0 Å². The predicted octanol–water partition coefficient (Wildman–Crippen LogP) is 6.57. The van der Waals surface area contributed by atoms with Gasteiger partial charge in [-0.25, -0.2) is 0 Å². The third-order valence-corrected chi connectivity index (χ3v) is 4.36. The number of aryl methyl sites for hydroxylation is 1. The largest absolute Gasteiger partial charge is 0.0955 e. The maximum Gasteiger partial charge on any atom is -0.0192 e. The molecule has 0 saturated carbocycles. The van der Waals surface area contributed by atoms with Gasteiger partial charge in [-0.15, -0.1) is 0 Å². The molecule has 0 heterocycles. The van der Waals surface area contributed by atoms with E-state index in [1.807, 2.05) is 13.0 Å². The van der Waals surface area contributed by atoms with E-state index in [4.69, 9.17) is 0 Å². The number of rotatable bonds is 5. The van der Waals surface area contributed by atoms with Gasteiger partial charge in [-0.3, -0.25) is 0 Å². The number of hydrogen-bond donors (Lipinski definition) is 0. The normalized spacial score (nSPS) is 15.7. The van der Waals surface area contributed by atoms with Crippen molar-refractivity contribution < 1.29 is 0 Å². The summed E-state index contributed by atoms with van der Waals surface area (Å²) in [4.78, 5) is 0. The molecule has 0 amide bonds. The topological polar surface area (TPSA) is 0 Å². The van der Waals surface area contributed by atoms with Crippen LogP contribution < -0.4 is 0 Å². The molecule has 0 unspecified atom stereocenters. The van der Waals surface area contributed by atoms with E-state index in [-0.39, 0.29) is 0 Å². The first-order chi connectivity index (χ1) is 10.5. The first-order valence-electron chi connectivity index (χ1n) is 7.99. The number of hydrogen-bond acceptors (Lipinski definition) is 0. The molecule has 0 atom stereocenters. The van der Waals surface area contributed by atoms with E-state index < -0.39 is 0 Å². The molecular formula is C22H26. The van der Waals surface area contributed by atoms with E-state index in [1.54, 1.807) is 0 Å². The highest BCUT2D eigenvalue weighted by molar-refractivity contribution is 5.76. The van der Waals surface area contributed by atoms with Crippen molar-refractivity contribution in [3.63, 3.8) is 0 Å². The highest BCUT2D eigenvalue weighted by Gasteiger charge is 2.17. The van der Waals surface area contributed by atoms with Gasteiger partial charge in [0.25, 0.3) is 0 Å². The minimum Gasteiger partial charge on any atom is -0.0955 e. The molecule has 0 radical (unpaired) electrons. The molecule has 0 fully saturated rings. The van der Waals surface area contributed by atoms with Crippen LogP contribution in [0, 0.1) is 6.92 Å². The molecule has 114 valence electrons. The van der Waals surface area contributed by atoms with Crippen molar-refractivity contribution in [1.29, 1.82) is 0 Å². The lowest BCUT2D eigenvalue weighted by molar-refractivity contribution is 0.913. The molecule has 0 bridgehead atoms. The van der Waals surface area contributed by atoms with Gasteiger partial charge in [-0.2, -0.15) is 0 Å². The molecule has 0 aliphatic heterocycles. The summed E-state index contributed by atoms with van der Waals surface area (Å²) >= 11 is 0. The molecule has 0 saturated heterocycles. The van der Waals surface area contributed by atoms with Gasteiger partial charge in [-0.1, -0.05) is 61.2 Å². The molecule has 0 aromatic heterocycles. The first-order valence-corrected chi connectivity index (χ1v) is 7.99. The summed E-state index contributed by atoms with van der Waals surface area (Å²) in [6, 6.07) is 8.71. The Balaban J connectivity index is 2.29. The fourth-order valence-corrected chi connectivity index (χ4v) is 2.94. The molecule has 2 rings (SSSR count). The average molecular weight is 290 g/mol. The highest BCUT2D eigenvalue weighted by atomic mass is 14.2. The van der Waals surface area contributed by atoms with Gasteiger partial charge in [0, 0.05) is 0 Å². The van der Waals surface area contributed by atoms with Crippen molar-refractivity contribution in [3.8, 4) is 0 Å². The quantitative estimate of drug-likeness (QED) is 0.538. The summed E-state index contributed by atoms with van der Waals surface area (Å²) in [7, 11) is 0. The molecule has 1 aromatic rings. The van der Waals surface area contributed by atoms with Crippen molar-refractivity contribution in [1.82, 2.24) is 0 Å². The Morgan fingerprint density at radius 2 is 1.82 bits per heavy atom. The minimum absolute atomic E-state index is 0.989. The van der Waals surface area contributed by atoms with Crippen LogP contribution in [-0.2, 0) is 0 Å². The highest BCUT2D eigenvalue weighted by Crippen LogP contribution is 2.38. The lowest BCUT2D eigenvalue weighted by Crippen LogP contribution is -1.90. The van der Waals surface area contributed by atoms with Crippen LogP contribution in [0.3, 0.4) is 0 Å². The second-order valence-electron chi connectivity index (χ2n) is 6.14. The molecule has 1 aliphatic carbocycles. The van der Waals surface area contributed by atoms with Crippen molar-refractivity contribution in [2.75, 3.05) is 0 Å². The summed E-state index contributed by atoms with van der Waals surface area (Å²) in [6.45, 7) is 14.3. The third kappa shape index (κ3) is 3.76. The van der Waals surface area contributed by atoms with Crippen LogP contribution in [0.1, 0.15) is 44.2 Å². The second kappa shape index (κ2) is 7.26. The van der Waals surface area contributed by atoms with Crippen LogP contribution in [0.15, 0.2) is 77.9 Å². The van der Waals surface area contributed by atoms with Crippen molar-refractivity contribution in [2.24, 2.45) is 0 Å². The van der Waals surface area contributed by atoms with Gasteiger partial charge in [0.2, 0.25) is 0 Å². The zero-order chi connectivity index (χ0) is 16.1. The molecule has 1 aromatic carbocycles. The standard InChI is InChI=1S/C22H26/c1-16(2)17(3)11-8-12-19(5)21-14-9-15-22(21)20-13-7-6-10-18(20)4/h6-8,10-13H,1,3,9,14-15H2,2,4-5H3/b11-8-,19-12+. The number of benzene rings is 1. The zero-order valence-electron chi connectivity index (χ0n) is 14.1. The predicted molar refractivity (Wildman–Crippen MR) is 98.8 cm³/mol. The summed E-state index contributed by atoms with van der Waals surface area (Å²) in [5.41, 5.74) is 9.20. The lowest BCUT2D eigenvalue weighted by Gasteiger charge is -2.11. The Labute approximate surface area is 135 Å². The SMILES string of the molecule is C=C(C)C(=C)/C=C\C=C(/C)C1=C(c2ccccc2C)CCC1. The van der Waals surface area contributed by atoms with E-state index in [1.165, 1.54) is 47.1 Å². The fourth-order valence-electron chi connectivity index (χ4n) is 2.94. The van der Waals surface area contributed by atoms with E-state index in [2.05, 4.69) is 63.4 Å². The van der Waals surface area contributed by atoms with E-state index in [0.717, 1.165) is 11.1 Å². The minimum atomic E-state index is 0.989. The Kier molecular flexibility index (Phi) is 5.38. The summed E-state index contributed by atoms with van der Waals surface area (Å²) in [5, 5.41) is 0. The van der Waals surface area contributed by atoms with Crippen LogP contribution >= 0.6 is 0 Å². The van der Waals surface area contributed by atoms with Crippen molar-refractivity contribution in [2.45, 2.75) is 40.0 Å². The van der Waals surface area contributed by atoms with Crippen LogP contribution in [-0.4, -0.2) is 0 Å². The Hall–Kier alpha value is -2.08. The fraction of sp³-hybridized carbons (Fsp3) is 0.273. The van der Waals surface area contributed by atoms with Crippen LogP contribution in [0.25, 0.3) is 5.57 Å². The van der Waals surface area contributed by atoms with Gasteiger partial charge in [0.1, 0.15) is 0 Å².